The Labute approximate surface area is 144 Å². The van der Waals surface area contributed by atoms with Crippen LogP contribution in [-0.4, -0.2) is 105 Å². The van der Waals surface area contributed by atoms with Gasteiger partial charge in [-0.1, -0.05) is 0 Å². The molecule has 24 heavy (non-hydrogen) atoms. The lowest BCUT2D eigenvalue weighted by molar-refractivity contribution is -0.134. The van der Waals surface area contributed by atoms with Crippen molar-refractivity contribution in [3.63, 3.8) is 0 Å². The minimum Gasteiger partial charge on any atom is -0.388 e. The first-order valence-electron chi connectivity index (χ1n) is 8.29. The SMILES string of the molecule is CN(C)C(=O)C1CN(CC2(O)CCOCC2)CCN(S(C)(=O)=O)C1. The number of sulfonamides is 1. The van der Waals surface area contributed by atoms with Crippen molar-refractivity contribution in [3.8, 4) is 0 Å². The van der Waals surface area contributed by atoms with Gasteiger partial charge in [0.05, 0.1) is 17.8 Å². The van der Waals surface area contributed by atoms with Crippen molar-refractivity contribution in [3.05, 3.63) is 0 Å². The van der Waals surface area contributed by atoms with Gasteiger partial charge in [-0.2, -0.15) is 0 Å². The van der Waals surface area contributed by atoms with Crippen LogP contribution >= 0.6 is 0 Å². The number of carbonyl (C=O) groups excluding carboxylic acids is 1. The van der Waals surface area contributed by atoms with E-state index in [9.17, 15) is 18.3 Å². The van der Waals surface area contributed by atoms with E-state index >= 15 is 0 Å². The molecule has 1 unspecified atom stereocenters. The monoisotopic (exact) mass is 363 g/mol. The average molecular weight is 363 g/mol. The third kappa shape index (κ3) is 5.13. The first-order chi connectivity index (χ1) is 11.1. The van der Waals surface area contributed by atoms with Crippen LogP contribution in [0.25, 0.3) is 0 Å². The molecule has 1 N–H and O–H groups in total. The average Bonchev–Trinajstić information content (AvgIpc) is 2.69. The number of amides is 1. The molecule has 0 aromatic carbocycles. The summed E-state index contributed by atoms with van der Waals surface area (Å²) in [7, 11) is -0.00973. The largest absolute Gasteiger partial charge is 0.388 e. The maximum atomic E-state index is 12.4. The topological polar surface area (TPSA) is 90.4 Å². The normalized spacial score (nSPS) is 26.8. The van der Waals surface area contributed by atoms with Crippen molar-refractivity contribution in [2.75, 3.05) is 66.3 Å². The Hall–Kier alpha value is -0.740. The van der Waals surface area contributed by atoms with Gasteiger partial charge >= 0.3 is 0 Å². The number of aliphatic hydroxyl groups is 1. The second kappa shape index (κ2) is 7.65. The van der Waals surface area contributed by atoms with E-state index in [1.807, 2.05) is 4.90 Å². The summed E-state index contributed by atoms with van der Waals surface area (Å²) in [5, 5.41) is 10.7. The van der Waals surface area contributed by atoms with E-state index in [0.29, 0.717) is 52.2 Å². The van der Waals surface area contributed by atoms with Gasteiger partial charge in [0, 0.05) is 72.9 Å². The summed E-state index contributed by atoms with van der Waals surface area (Å²) in [5.41, 5.74) is -0.829. The van der Waals surface area contributed by atoms with Gasteiger partial charge in [-0.05, 0) is 0 Å². The molecule has 0 aromatic rings. The molecular formula is C15H29N3O5S. The molecule has 0 radical (unpaired) electrons. The van der Waals surface area contributed by atoms with Gasteiger partial charge in [0.15, 0.2) is 0 Å². The molecule has 2 aliphatic rings. The molecule has 0 aliphatic carbocycles. The number of rotatable bonds is 4. The van der Waals surface area contributed by atoms with E-state index in [4.69, 9.17) is 4.74 Å². The van der Waals surface area contributed by atoms with Gasteiger partial charge in [0.1, 0.15) is 0 Å². The van der Waals surface area contributed by atoms with Crippen LogP contribution < -0.4 is 0 Å². The summed E-state index contributed by atoms with van der Waals surface area (Å²) in [6.07, 6.45) is 2.29. The van der Waals surface area contributed by atoms with Gasteiger partial charge in [0.25, 0.3) is 0 Å². The molecule has 2 rings (SSSR count). The molecule has 2 fully saturated rings. The predicted molar refractivity (Wildman–Crippen MR) is 90.0 cm³/mol. The van der Waals surface area contributed by atoms with E-state index in [1.165, 1.54) is 15.5 Å². The summed E-state index contributed by atoms with van der Waals surface area (Å²) in [4.78, 5) is 16.0. The molecule has 2 aliphatic heterocycles. The standard InChI is InChI=1S/C15H29N3O5S/c1-16(2)14(19)13-10-17(6-7-18(11-13)24(3,21)22)12-15(20)4-8-23-9-5-15/h13,20H,4-12H2,1-3H3. The molecule has 0 saturated carbocycles. The van der Waals surface area contributed by atoms with Crippen molar-refractivity contribution in [2.24, 2.45) is 5.92 Å². The first kappa shape index (κ1) is 19.6. The summed E-state index contributed by atoms with van der Waals surface area (Å²) >= 11 is 0. The number of nitrogens with zero attached hydrogens (tertiary/aromatic N) is 3. The molecule has 140 valence electrons. The van der Waals surface area contributed by atoms with Gasteiger partial charge in [0.2, 0.25) is 15.9 Å². The molecule has 0 spiro atoms. The number of carbonyl (C=O) groups is 1. The van der Waals surface area contributed by atoms with Gasteiger partial charge in [-0.3, -0.25) is 9.69 Å². The molecular weight excluding hydrogens is 334 g/mol. The highest BCUT2D eigenvalue weighted by Crippen LogP contribution is 2.24. The smallest absolute Gasteiger partial charge is 0.227 e. The summed E-state index contributed by atoms with van der Waals surface area (Å²) in [6, 6.07) is 0. The zero-order valence-corrected chi connectivity index (χ0v) is 15.6. The minimum atomic E-state index is -3.36. The van der Waals surface area contributed by atoms with E-state index < -0.39 is 21.5 Å². The lowest BCUT2D eigenvalue weighted by Gasteiger charge is -2.37. The molecule has 0 bridgehead atoms. The molecule has 1 amide bonds. The summed E-state index contributed by atoms with van der Waals surface area (Å²) in [5.74, 6) is -0.518. The van der Waals surface area contributed by atoms with Crippen molar-refractivity contribution < 1.29 is 23.1 Å². The van der Waals surface area contributed by atoms with Gasteiger partial charge < -0.3 is 14.7 Å². The molecule has 0 aromatic heterocycles. The van der Waals surface area contributed by atoms with E-state index in [0.717, 1.165) is 0 Å². The Morgan fingerprint density at radius 1 is 1.25 bits per heavy atom. The maximum Gasteiger partial charge on any atom is 0.227 e. The second-order valence-electron chi connectivity index (χ2n) is 7.12. The van der Waals surface area contributed by atoms with Crippen LogP contribution in [0.1, 0.15) is 12.8 Å². The van der Waals surface area contributed by atoms with E-state index in [1.54, 1.807) is 14.1 Å². The number of hydrogen-bond donors (Lipinski definition) is 1. The fourth-order valence-electron chi connectivity index (χ4n) is 3.34. The van der Waals surface area contributed by atoms with Crippen LogP contribution in [0.15, 0.2) is 0 Å². The quantitative estimate of drug-likeness (QED) is 0.675. The Kier molecular flexibility index (Phi) is 6.24. The highest BCUT2D eigenvalue weighted by molar-refractivity contribution is 7.88. The van der Waals surface area contributed by atoms with E-state index in [2.05, 4.69) is 0 Å². The first-order valence-corrected chi connectivity index (χ1v) is 10.1. The third-order valence-corrected chi connectivity index (χ3v) is 6.04. The molecule has 8 nitrogen and oxygen atoms in total. The van der Waals surface area contributed by atoms with Crippen molar-refractivity contribution in [1.82, 2.24) is 14.1 Å². The van der Waals surface area contributed by atoms with Crippen LogP contribution in [0.4, 0.5) is 0 Å². The molecule has 2 saturated heterocycles. The Morgan fingerprint density at radius 2 is 1.88 bits per heavy atom. The predicted octanol–water partition coefficient (Wildman–Crippen LogP) is -1.19. The number of β-amino-alcohol motifs (C(OH)–C–C–N with tert-alkyl or cyclic N) is 1. The van der Waals surface area contributed by atoms with E-state index in [-0.39, 0.29) is 12.5 Å². The summed E-state index contributed by atoms with van der Waals surface area (Å²) < 4.78 is 30.6. The fraction of sp³-hybridized carbons (Fsp3) is 0.933. The van der Waals surface area contributed by atoms with Crippen molar-refractivity contribution >= 4 is 15.9 Å². The lowest BCUT2D eigenvalue weighted by atomic mass is 9.93. The van der Waals surface area contributed by atoms with Crippen LogP contribution in [0.2, 0.25) is 0 Å². The second-order valence-corrected chi connectivity index (χ2v) is 9.10. The van der Waals surface area contributed by atoms with Gasteiger partial charge in [-0.25, -0.2) is 12.7 Å². The number of hydrogen-bond acceptors (Lipinski definition) is 6. The Morgan fingerprint density at radius 3 is 2.42 bits per heavy atom. The molecule has 2 heterocycles. The Balaban J connectivity index is 2.13. The van der Waals surface area contributed by atoms with Crippen LogP contribution in [0.3, 0.4) is 0 Å². The highest BCUT2D eigenvalue weighted by atomic mass is 32.2. The van der Waals surface area contributed by atoms with Gasteiger partial charge in [-0.15, -0.1) is 0 Å². The number of ether oxygens (including phenoxy) is 1. The fourth-order valence-corrected chi connectivity index (χ4v) is 4.21. The summed E-state index contributed by atoms with van der Waals surface area (Å²) in [6.45, 7) is 2.97. The highest BCUT2D eigenvalue weighted by Gasteiger charge is 2.37. The lowest BCUT2D eigenvalue weighted by Crippen LogP contribution is -2.49. The Bertz CT molecular complexity index is 545. The van der Waals surface area contributed by atoms with Crippen LogP contribution in [0, 0.1) is 5.92 Å². The minimum absolute atomic E-state index is 0.0884. The zero-order chi connectivity index (χ0) is 18.0. The maximum absolute atomic E-state index is 12.4. The van der Waals surface area contributed by atoms with Crippen LogP contribution in [-0.2, 0) is 19.6 Å². The van der Waals surface area contributed by atoms with Crippen molar-refractivity contribution in [2.45, 2.75) is 18.4 Å². The molecule has 1 atom stereocenters. The molecule has 9 heteroatoms. The van der Waals surface area contributed by atoms with Crippen molar-refractivity contribution in [1.29, 1.82) is 0 Å². The van der Waals surface area contributed by atoms with Crippen LogP contribution in [0.5, 0.6) is 0 Å². The third-order valence-electron chi connectivity index (χ3n) is 4.77. The zero-order valence-electron chi connectivity index (χ0n) is 14.8.